The number of unbranched alkanes of at least 4 members (excludes halogenated alkanes) is 8. The van der Waals surface area contributed by atoms with Crippen molar-refractivity contribution in [3.05, 3.63) is 12.2 Å². The van der Waals surface area contributed by atoms with E-state index in [-0.39, 0.29) is 51.6 Å². The minimum atomic E-state index is -0.689. The second-order valence-corrected chi connectivity index (χ2v) is 5.91. The van der Waals surface area contributed by atoms with E-state index in [1.165, 1.54) is 25.7 Å². The van der Waals surface area contributed by atoms with Gasteiger partial charge in [0.15, 0.2) is 0 Å². The first-order valence-electron chi connectivity index (χ1n) is 8.71. The fourth-order valence-electron chi connectivity index (χ4n) is 2.36. The molecule has 0 saturated carbocycles. The number of aliphatic carboxylic acids is 1. The van der Waals surface area contributed by atoms with E-state index >= 15 is 0 Å². The first-order valence-corrected chi connectivity index (χ1v) is 8.71. The van der Waals surface area contributed by atoms with Crippen molar-refractivity contribution < 1.29 is 15.0 Å². The van der Waals surface area contributed by atoms with Gasteiger partial charge in [-0.3, -0.25) is 4.79 Å². The van der Waals surface area contributed by atoms with Gasteiger partial charge in [-0.05, 0) is 32.1 Å². The van der Waals surface area contributed by atoms with Gasteiger partial charge >= 0.3 is 51.5 Å². The Morgan fingerprint density at radius 3 is 2.27 bits per heavy atom. The third kappa shape index (κ3) is 20.7. The third-order valence-corrected chi connectivity index (χ3v) is 3.73. The van der Waals surface area contributed by atoms with Gasteiger partial charge in [0, 0.05) is 6.42 Å². The fourth-order valence-corrected chi connectivity index (χ4v) is 2.36. The summed E-state index contributed by atoms with van der Waals surface area (Å²) in [6.45, 7) is 2.20. The molecular weight excluding hydrogens is 352 g/mol. The zero-order valence-corrected chi connectivity index (χ0v) is 13.7. The molecule has 0 amide bonds. The summed E-state index contributed by atoms with van der Waals surface area (Å²) in [7, 11) is 0. The van der Waals surface area contributed by atoms with Crippen LogP contribution < -0.4 is 0 Å². The number of rotatable bonds is 15. The molecule has 4 heteroatoms. The normalized spacial score (nSPS) is 12.3. The van der Waals surface area contributed by atoms with Crippen LogP contribution in [0.25, 0.3) is 0 Å². The first-order chi connectivity index (χ1) is 10.2. The van der Waals surface area contributed by atoms with Crippen molar-refractivity contribution in [3.8, 4) is 0 Å². The first kappa shape index (κ1) is 24.9. The molecule has 0 aromatic carbocycles. The quantitative estimate of drug-likeness (QED) is 0.252. The summed E-state index contributed by atoms with van der Waals surface area (Å²) in [5.41, 5.74) is 0. The topological polar surface area (TPSA) is 57.5 Å². The Labute approximate surface area is 173 Å². The Bertz CT molecular complexity index is 267. The van der Waals surface area contributed by atoms with E-state index in [1.807, 2.05) is 0 Å². The van der Waals surface area contributed by atoms with Gasteiger partial charge in [0.1, 0.15) is 0 Å². The SMILES string of the molecule is CCCCCC[C@@H](O)C/C=C\CCCCCCCC(=O)O.[SrH2]. The van der Waals surface area contributed by atoms with Crippen LogP contribution in [0.3, 0.4) is 0 Å². The summed E-state index contributed by atoms with van der Waals surface area (Å²) >= 11 is 0. The molecule has 0 aliphatic heterocycles. The fraction of sp³-hybridized carbons (Fsp3) is 0.833. The van der Waals surface area contributed by atoms with Gasteiger partial charge in [0.25, 0.3) is 0 Å². The van der Waals surface area contributed by atoms with Crippen molar-refractivity contribution in [1.29, 1.82) is 0 Å². The molecule has 128 valence electrons. The predicted molar refractivity (Wildman–Crippen MR) is 97.0 cm³/mol. The van der Waals surface area contributed by atoms with Gasteiger partial charge in [-0.15, -0.1) is 0 Å². The molecule has 0 aromatic heterocycles. The summed E-state index contributed by atoms with van der Waals surface area (Å²) in [5.74, 6) is -0.689. The van der Waals surface area contributed by atoms with Gasteiger partial charge in [0.2, 0.25) is 0 Å². The average Bonchev–Trinajstić information content (AvgIpc) is 2.45. The Hall–Kier alpha value is 0.651. The number of carboxylic acids is 1. The van der Waals surface area contributed by atoms with Crippen LogP contribution in [-0.2, 0) is 4.79 Å². The van der Waals surface area contributed by atoms with Crippen LogP contribution in [0.1, 0.15) is 90.4 Å². The van der Waals surface area contributed by atoms with E-state index in [1.54, 1.807) is 0 Å². The molecule has 0 fully saturated rings. The van der Waals surface area contributed by atoms with Crippen molar-refractivity contribution in [1.82, 2.24) is 0 Å². The molecular formula is C18H36O3Sr. The zero-order chi connectivity index (χ0) is 15.8. The van der Waals surface area contributed by atoms with Crippen molar-refractivity contribution in [2.24, 2.45) is 0 Å². The minimum absolute atomic E-state index is 0. The van der Waals surface area contributed by atoms with Gasteiger partial charge in [-0.25, -0.2) is 0 Å². The third-order valence-electron chi connectivity index (χ3n) is 3.73. The van der Waals surface area contributed by atoms with E-state index in [0.29, 0.717) is 6.42 Å². The molecule has 0 aromatic rings. The molecule has 0 heterocycles. The number of hydrogen-bond donors (Lipinski definition) is 2. The molecule has 0 saturated heterocycles. The van der Waals surface area contributed by atoms with Gasteiger partial charge in [-0.2, -0.15) is 0 Å². The Morgan fingerprint density at radius 1 is 0.955 bits per heavy atom. The van der Waals surface area contributed by atoms with Crippen molar-refractivity contribution in [2.75, 3.05) is 0 Å². The van der Waals surface area contributed by atoms with E-state index in [9.17, 15) is 9.90 Å². The molecule has 0 spiro atoms. The summed E-state index contributed by atoms with van der Waals surface area (Å²) in [5, 5.41) is 18.3. The van der Waals surface area contributed by atoms with Crippen LogP contribution in [0.4, 0.5) is 0 Å². The van der Waals surface area contributed by atoms with Crippen LogP contribution in [0.5, 0.6) is 0 Å². The second-order valence-electron chi connectivity index (χ2n) is 5.91. The molecule has 3 nitrogen and oxygen atoms in total. The number of carboxylic acid groups (broad SMARTS) is 1. The Morgan fingerprint density at radius 2 is 1.59 bits per heavy atom. The van der Waals surface area contributed by atoms with E-state index in [2.05, 4.69) is 19.1 Å². The second kappa shape index (κ2) is 19.7. The Balaban J connectivity index is 0. The van der Waals surface area contributed by atoms with Gasteiger partial charge in [0.05, 0.1) is 6.10 Å². The van der Waals surface area contributed by atoms with E-state index < -0.39 is 5.97 Å². The Kier molecular flexibility index (Phi) is 22.3. The van der Waals surface area contributed by atoms with Crippen LogP contribution in [0.15, 0.2) is 12.2 Å². The van der Waals surface area contributed by atoms with Crippen LogP contribution in [0, 0.1) is 0 Å². The van der Waals surface area contributed by atoms with Crippen molar-refractivity contribution in [3.63, 3.8) is 0 Å². The van der Waals surface area contributed by atoms with Crippen LogP contribution in [0.2, 0.25) is 0 Å². The van der Waals surface area contributed by atoms with Gasteiger partial charge in [-0.1, -0.05) is 64.0 Å². The molecule has 0 aliphatic rings. The number of allylic oxidation sites excluding steroid dienone is 1. The molecule has 0 unspecified atom stereocenters. The van der Waals surface area contributed by atoms with Crippen molar-refractivity contribution in [2.45, 2.75) is 96.5 Å². The summed E-state index contributed by atoms with van der Waals surface area (Å²) < 4.78 is 0. The maximum atomic E-state index is 10.3. The monoisotopic (exact) mass is 388 g/mol. The summed E-state index contributed by atoms with van der Waals surface area (Å²) in [6.07, 6.45) is 17.4. The average molecular weight is 388 g/mol. The van der Waals surface area contributed by atoms with E-state index in [0.717, 1.165) is 51.4 Å². The van der Waals surface area contributed by atoms with Gasteiger partial charge < -0.3 is 10.2 Å². The standard InChI is InChI=1S/C18H34O3.Sr.2H/c1-2-3-4-11-14-17(19)15-12-9-7-5-6-8-10-13-16-18(20)21;;;/h9,12,17,19H,2-8,10-11,13-16H2,1H3,(H,20,21);;;/b12-9-;;;/t17-;;;/m1.../s1. The molecule has 0 bridgehead atoms. The molecule has 0 aliphatic carbocycles. The molecule has 0 radical (unpaired) electrons. The number of aliphatic hydroxyl groups excluding tert-OH is 1. The van der Waals surface area contributed by atoms with Crippen LogP contribution >= 0.6 is 0 Å². The summed E-state index contributed by atoms with van der Waals surface area (Å²) in [6, 6.07) is 0. The van der Waals surface area contributed by atoms with Crippen molar-refractivity contribution >= 4 is 51.5 Å². The maximum absolute atomic E-state index is 10.3. The number of hydrogen-bond acceptors (Lipinski definition) is 2. The zero-order valence-electron chi connectivity index (χ0n) is 13.7. The van der Waals surface area contributed by atoms with E-state index in [4.69, 9.17) is 5.11 Å². The number of aliphatic hydroxyl groups is 1. The number of carbonyl (C=O) groups is 1. The summed E-state index contributed by atoms with van der Waals surface area (Å²) in [4.78, 5) is 10.3. The molecule has 22 heavy (non-hydrogen) atoms. The molecule has 1 atom stereocenters. The van der Waals surface area contributed by atoms with Crippen LogP contribution in [-0.4, -0.2) is 67.8 Å². The molecule has 2 N–H and O–H groups in total. The predicted octanol–water partition coefficient (Wildman–Crippen LogP) is 4.16. The molecule has 0 rings (SSSR count).